The Morgan fingerprint density at radius 1 is 0.510 bits per heavy atom. The van der Waals surface area contributed by atoms with Crippen molar-refractivity contribution < 1.29 is 0 Å². The van der Waals surface area contributed by atoms with Crippen molar-refractivity contribution >= 4 is 86.1 Å². The summed E-state index contributed by atoms with van der Waals surface area (Å²) in [7, 11) is 0. The molecule has 0 N–H and O–H groups in total. The van der Waals surface area contributed by atoms with Gasteiger partial charge in [-0.2, -0.15) is 0 Å². The third kappa shape index (κ3) is 3.86. The van der Waals surface area contributed by atoms with Gasteiger partial charge in [0.1, 0.15) is 10.0 Å². The van der Waals surface area contributed by atoms with E-state index in [0.717, 1.165) is 56.4 Å². The van der Waals surface area contributed by atoms with Crippen LogP contribution in [-0.4, -0.2) is 0 Å². The summed E-state index contributed by atoms with van der Waals surface area (Å²) in [5.74, 6) is 0. The van der Waals surface area contributed by atoms with Crippen LogP contribution in [0, 0.1) is 0 Å². The Bertz CT molecular complexity index is 2930. The highest BCUT2D eigenvalue weighted by molar-refractivity contribution is 7.30. The van der Waals surface area contributed by atoms with Crippen molar-refractivity contribution in [3.05, 3.63) is 133 Å². The first-order chi connectivity index (χ1) is 24.9. The number of hydrogen-bond acceptors (Lipinski definition) is 9. The van der Waals surface area contributed by atoms with E-state index in [9.17, 15) is 19.2 Å². The van der Waals surface area contributed by atoms with Crippen LogP contribution in [-0.2, 0) is 10.8 Å². The normalized spacial score (nSPS) is 18.7. The van der Waals surface area contributed by atoms with E-state index in [1.54, 1.807) is 71.2 Å². The summed E-state index contributed by atoms with van der Waals surface area (Å²) in [5, 5.41) is 3.23. The summed E-state index contributed by atoms with van der Waals surface area (Å²) in [6.45, 7) is 0. The van der Waals surface area contributed by atoms with E-state index in [4.69, 9.17) is 9.98 Å². The first-order valence-electron chi connectivity index (χ1n) is 17.9. The van der Waals surface area contributed by atoms with Crippen LogP contribution in [0.25, 0.3) is 42.1 Å². The monoisotopic (exact) mass is 722 g/mol. The standard InChI is InChI=1S/C42H30N2O4S3/c45-34-21-11-3-4-12-22(21)35(46)32(34)43-27-19-25-38(50-27)29-30(41(25)15-7-1-8-16-41)40-31(42(29)17-9-2-10-18-42)39-26(49-40)20-28(51-39)44-33-36(47)23-13-5-6-14-24(23)37(33)48/h3-6,11-14,19-20H,1-2,7-10,15-18H2. The Hall–Kier alpha value is -4.44. The molecule has 2 spiro atoms. The maximum absolute atomic E-state index is 13.3. The summed E-state index contributed by atoms with van der Waals surface area (Å²) < 4.78 is 2.42. The molecule has 7 aromatic rings. The van der Waals surface area contributed by atoms with Gasteiger partial charge in [-0.1, -0.05) is 87.1 Å². The molecule has 6 nitrogen and oxygen atoms in total. The van der Waals surface area contributed by atoms with Gasteiger partial charge in [0.2, 0.25) is 21.7 Å². The molecule has 9 heteroatoms. The van der Waals surface area contributed by atoms with Crippen LogP contribution in [0.5, 0.6) is 0 Å². The molecule has 0 bridgehead atoms. The van der Waals surface area contributed by atoms with Crippen molar-refractivity contribution in [2.75, 3.05) is 0 Å². The van der Waals surface area contributed by atoms with Gasteiger partial charge in [-0.15, -0.1) is 34.0 Å². The lowest BCUT2D eigenvalue weighted by Gasteiger charge is -2.37. The molecule has 0 amide bonds. The number of fused-ring (bicyclic) bond motifs is 12. The van der Waals surface area contributed by atoms with E-state index in [1.165, 1.54) is 54.3 Å². The van der Waals surface area contributed by atoms with Crippen LogP contribution < -0.4 is 32.4 Å². The largest absolute Gasteiger partial charge is 0.287 e. The van der Waals surface area contributed by atoms with Crippen LogP contribution in [0.3, 0.4) is 0 Å². The molecule has 2 saturated carbocycles. The van der Waals surface area contributed by atoms with E-state index in [0.29, 0.717) is 26.5 Å². The second kappa shape index (κ2) is 10.6. The minimum atomic E-state index is -0.296. The fourth-order valence-electron chi connectivity index (χ4n) is 10.1. The van der Waals surface area contributed by atoms with Crippen LogP contribution >= 0.6 is 34.0 Å². The zero-order valence-electron chi connectivity index (χ0n) is 27.6. The molecule has 51 heavy (non-hydrogen) atoms. The van der Waals surface area contributed by atoms with E-state index in [2.05, 4.69) is 12.1 Å². The molecule has 0 aliphatic heterocycles. The predicted octanol–water partition coefficient (Wildman–Crippen LogP) is 8.33. The van der Waals surface area contributed by atoms with Gasteiger partial charge in [-0.25, -0.2) is 9.98 Å². The van der Waals surface area contributed by atoms with Crippen molar-refractivity contribution in [1.82, 2.24) is 0 Å². The second-order valence-corrected chi connectivity index (χ2v) is 17.9. The van der Waals surface area contributed by atoms with Gasteiger partial charge < -0.3 is 0 Å². The quantitative estimate of drug-likeness (QED) is 0.179. The first kappa shape index (κ1) is 30.2. The number of nitrogens with zero attached hydrogens (tertiary/aromatic N) is 2. The smallest absolute Gasteiger partial charge is 0.216 e. The molecule has 250 valence electrons. The fraction of sp³-hybridized carbons (Fsp3) is 0.286. The van der Waals surface area contributed by atoms with Gasteiger partial charge in [-0.05, 0) is 60.1 Å². The Balaban J connectivity index is 1.13. The summed E-state index contributed by atoms with van der Waals surface area (Å²) in [4.78, 5) is 65.4. The Labute approximate surface area is 302 Å². The summed E-state index contributed by atoms with van der Waals surface area (Å²) in [6, 6.07) is 18.3. The van der Waals surface area contributed by atoms with Crippen molar-refractivity contribution in [2.45, 2.75) is 75.0 Å². The number of hydrogen-bond donors (Lipinski definition) is 0. The molecule has 2 fully saturated rings. The summed E-state index contributed by atoms with van der Waals surface area (Å²) in [6.07, 6.45) is 11.4. The lowest BCUT2D eigenvalue weighted by Crippen LogP contribution is -2.31. The lowest BCUT2D eigenvalue weighted by atomic mass is 9.67. The molecule has 0 radical (unpaired) electrons. The summed E-state index contributed by atoms with van der Waals surface area (Å²) in [5.41, 5.74) is 4.39. The average Bonchev–Trinajstić information content (AvgIpc) is 4.00. The highest BCUT2D eigenvalue weighted by Crippen LogP contribution is 2.73. The number of rotatable bonds is 2. The molecule has 0 atom stereocenters. The van der Waals surface area contributed by atoms with Crippen LogP contribution in [0.2, 0.25) is 0 Å². The van der Waals surface area contributed by atoms with Crippen LogP contribution in [0.4, 0.5) is 10.0 Å². The maximum Gasteiger partial charge on any atom is 0.216 e. The van der Waals surface area contributed by atoms with Crippen LogP contribution in [0.15, 0.2) is 89.8 Å². The summed E-state index contributed by atoms with van der Waals surface area (Å²) >= 11 is 5.15. The third-order valence-electron chi connectivity index (χ3n) is 12.3. The average molecular weight is 723 g/mol. The zero-order chi connectivity index (χ0) is 34.2. The van der Waals surface area contributed by atoms with Gasteiger partial charge in [0.25, 0.3) is 0 Å². The van der Waals surface area contributed by atoms with Gasteiger partial charge in [0.05, 0.1) is 4.70 Å². The molecule has 4 aromatic carbocycles. The van der Waals surface area contributed by atoms with E-state index in [1.807, 2.05) is 11.3 Å². The lowest BCUT2D eigenvalue weighted by molar-refractivity contribution is 0.373. The third-order valence-corrected chi connectivity index (χ3v) is 15.7. The van der Waals surface area contributed by atoms with Crippen molar-refractivity contribution in [3.8, 4) is 0 Å². The SMILES string of the molecule is O=c1c(=Nc2cc3c(s2)C2=C(c4sc5cc(N=c6c(=O)c7ccccc7c6=O)sc5c4C24CCCCC4)C32CCCCC2)c(=O)c2ccccc12. The Morgan fingerprint density at radius 2 is 0.980 bits per heavy atom. The molecule has 0 unspecified atom stereocenters. The van der Waals surface area contributed by atoms with Gasteiger partial charge in [-0.3, -0.25) is 19.2 Å². The topological polar surface area (TPSA) is 93.0 Å². The zero-order valence-corrected chi connectivity index (χ0v) is 30.0. The number of benzene rings is 2. The first-order valence-corrected chi connectivity index (χ1v) is 20.4. The highest BCUT2D eigenvalue weighted by atomic mass is 32.1. The predicted molar refractivity (Wildman–Crippen MR) is 209 cm³/mol. The number of allylic oxidation sites excluding steroid dienone is 2. The Kier molecular flexibility index (Phi) is 6.25. The minimum absolute atomic E-state index is 0.00982. The molecule has 4 aliphatic rings. The minimum Gasteiger partial charge on any atom is -0.287 e. The van der Waals surface area contributed by atoms with Crippen molar-refractivity contribution in [3.63, 3.8) is 0 Å². The van der Waals surface area contributed by atoms with Gasteiger partial charge >= 0.3 is 0 Å². The second-order valence-electron chi connectivity index (χ2n) is 14.8. The van der Waals surface area contributed by atoms with E-state index >= 15 is 0 Å². The molecule has 4 aliphatic carbocycles. The fourth-order valence-corrected chi connectivity index (χ4v) is 14.3. The van der Waals surface area contributed by atoms with Crippen molar-refractivity contribution in [2.24, 2.45) is 9.98 Å². The highest BCUT2D eigenvalue weighted by Gasteiger charge is 2.59. The molecule has 11 rings (SSSR count). The Morgan fingerprint density at radius 3 is 1.51 bits per heavy atom. The molecular weight excluding hydrogens is 693 g/mol. The maximum atomic E-state index is 13.3. The van der Waals surface area contributed by atoms with Crippen molar-refractivity contribution in [1.29, 1.82) is 0 Å². The van der Waals surface area contributed by atoms with E-state index < -0.39 is 0 Å². The molecule has 3 aromatic heterocycles. The molecule has 3 heterocycles. The van der Waals surface area contributed by atoms with Gasteiger partial charge in [0.15, 0.2) is 10.7 Å². The number of thiophene rings is 3. The van der Waals surface area contributed by atoms with E-state index in [-0.39, 0.29) is 43.3 Å². The molecule has 0 saturated heterocycles. The van der Waals surface area contributed by atoms with Gasteiger partial charge in [0, 0.05) is 46.8 Å². The van der Waals surface area contributed by atoms with Crippen LogP contribution in [0.1, 0.15) is 85.1 Å². The molecular formula is C42H30N2O4S3.